The molecule has 0 spiro atoms. The number of benzene rings is 3. The van der Waals surface area contributed by atoms with Gasteiger partial charge in [-0.2, -0.15) is 13.2 Å². The molecule has 0 amide bonds. The van der Waals surface area contributed by atoms with Crippen LogP contribution in [0.2, 0.25) is 0 Å². The molecular formula is C30H34ClF3N2O. The average molecular weight is 531 g/mol. The largest absolute Gasteiger partial charge is 0.489 e. The molecule has 5 rings (SSSR count). The third kappa shape index (κ3) is 6.99. The lowest BCUT2D eigenvalue weighted by atomic mass is 9.92. The van der Waals surface area contributed by atoms with Crippen LogP contribution in [0, 0.1) is 0 Å². The lowest BCUT2D eigenvalue weighted by molar-refractivity contribution is -0.137. The molecule has 1 heterocycles. The molecule has 0 N–H and O–H groups in total. The zero-order valence-electron chi connectivity index (χ0n) is 21.0. The molecule has 0 unspecified atom stereocenters. The van der Waals surface area contributed by atoms with Gasteiger partial charge < -0.3 is 9.64 Å². The fourth-order valence-corrected chi connectivity index (χ4v) is 5.26. The summed E-state index contributed by atoms with van der Waals surface area (Å²) < 4.78 is 46.1. The first kappa shape index (κ1) is 27.3. The molecule has 0 saturated carbocycles. The quantitative estimate of drug-likeness (QED) is 0.329. The Hall–Kier alpha value is -2.70. The van der Waals surface area contributed by atoms with E-state index >= 15 is 0 Å². The van der Waals surface area contributed by atoms with Crippen molar-refractivity contribution in [3.05, 3.63) is 94.5 Å². The number of ether oxygens (including phenoxy) is 1. The Morgan fingerprint density at radius 2 is 1.43 bits per heavy atom. The number of hydrogen-bond donors (Lipinski definition) is 0. The predicted molar refractivity (Wildman–Crippen MR) is 145 cm³/mol. The topological polar surface area (TPSA) is 15.7 Å². The van der Waals surface area contributed by atoms with E-state index in [4.69, 9.17) is 4.74 Å². The van der Waals surface area contributed by atoms with E-state index < -0.39 is 11.7 Å². The van der Waals surface area contributed by atoms with Crippen molar-refractivity contribution in [3.8, 4) is 5.75 Å². The van der Waals surface area contributed by atoms with E-state index in [2.05, 4.69) is 47.4 Å². The minimum atomic E-state index is -4.33. The molecule has 37 heavy (non-hydrogen) atoms. The molecule has 0 radical (unpaired) electrons. The Morgan fingerprint density at radius 3 is 2.16 bits per heavy atom. The zero-order valence-corrected chi connectivity index (χ0v) is 21.8. The van der Waals surface area contributed by atoms with Gasteiger partial charge in [0, 0.05) is 38.4 Å². The second kappa shape index (κ2) is 12.2. The minimum Gasteiger partial charge on any atom is -0.489 e. The van der Waals surface area contributed by atoms with Crippen molar-refractivity contribution >= 4 is 18.1 Å². The van der Waals surface area contributed by atoms with Crippen molar-refractivity contribution in [2.45, 2.75) is 44.9 Å². The van der Waals surface area contributed by atoms with Crippen LogP contribution in [0.3, 0.4) is 0 Å². The number of piperazine rings is 1. The Morgan fingerprint density at radius 1 is 0.757 bits per heavy atom. The molecule has 1 aliphatic heterocycles. The van der Waals surface area contributed by atoms with Crippen LogP contribution < -0.4 is 9.64 Å². The number of alkyl halides is 3. The summed E-state index contributed by atoms with van der Waals surface area (Å²) >= 11 is 0. The highest BCUT2D eigenvalue weighted by Crippen LogP contribution is 2.36. The maximum Gasteiger partial charge on any atom is 0.418 e. The summed E-state index contributed by atoms with van der Waals surface area (Å²) in [5.74, 6) is 0.941. The van der Waals surface area contributed by atoms with Crippen LogP contribution in [0.15, 0.2) is 66.7 Å². The van der Waals surface area contributed by atoms with Gasteiger partial charge in [0.2, 0.25) is 0 Å². The SMILES string of the molecule is Cl.FC(F)(F)c1ccccc1N1CCN(CCc2ccc(COc3ccc4c(c3)CCCC4)cc2)CC1. The molecular weight excluding hydrogens is 497 g/mol. The number of halogens is 4. The number of para-hydroxylation sites is 1. The maximum atomic E-state index is 13.4. The molecule has 1 fully saturated rings. The number of aryl methyl sites for hydroxylation is 2. The van der Waals surface area contributed by atoms with Crippen molar-refractivity contribution in [2.24, 2.45) is 0 Å². The molecule has 0 atom stereocenters. The highest BCUT2D eigenvalue weighted by Gasteiger charge is 2.35. The van der Waals surface area contributed by atoms with Gasteiger partial charge in [0.05, 0.1) is 5.56 Å². The van der Waals surface area contributed by atoms with Crippen molar-refractivity contribution in [2.75, 3.05) is 37.6 Å². The molecule has 3 nitrogen and oxygen atoms in total. The van der Waals surface area contributed by atoms with Crippen LogP contribution in [0.1, 0.15) is 40.7 Å². The summed E-state index contributed by atoms with van der Waals surface area (Å²) in [6, 6.07) is 20.9. The zero-order chi connectivity index (χ0) is 25.0. The molecule has 3 aromatic carbocycles. The monoisotopic (exact) mass is 530 g/mol. The summed E-state index contributed by atoms with van der Waals surface area (Å²) in [5.41, 5.74) is 5.04. The lowest BCUT2D eigenvalue weighted by Crippen LogP contribution is -2.47. The van der Waals surface area contributed by atoms with Gasteiger partial charge in [0.25, 0.3) is 0 Å². The van der Waals surface area contributed by atoms with E-state index in [1.807, 2.05) is 4.90 Å². The summed E-state index contributed by atoms with van der Waals surface area (Å²) in [6.07, 6.45) is 1.47. The standard InChI is InChI=1S/C30H33F3N2O.ClH/c31-30(32,33)28-7-3-4-8-29(28)35-19-17-34(18-20-35)16-15-23-9-11-24(12-10-23)22-36-27-14-13-25-5-1-2-6-26(25)21-27;/h3-4,7-14,21H,1-2,5-6,15-20,22H2;1H. The van der Waals surface area contributed by atoms with Gasteiger partial charge in [-0.1, -0.05) is 42.5 Å². The molecule has 198 valence electrons. The van der Waals surface area contributed by atoms with E-state index in [1.54, 1.807) is 12.1 Å². The number of anilines is 1. The highest BCUT2D eigenvalue weighted by atomic mass is 35.5. The highest BCUT2D eigenvalue weighted by molar-refractivity contribution is 5.85. The molecule has 7 heteroatoms. The number of fused-ring (bicyclic) bond motifs is 1. The van der Waals surface area contributed by atoms with E-state index in [0.717, 1.165) is 43.8 Å². The molecule has 1 saturated heterocycles. The molecule has 2 aliphatic rings. The Bertz CT molecular complexity index is 1160. The fraction of sp³-hybridized carbons (Fsp3) is 0.400. The van der Waals surface area contributed by atoms with Crippen molar-refractivity contribution in [1.29, 1.82) is 0 Å². The van der Waals surface area contributed by atoms with Crippen molar-refractivity contribution in [3.63, 3.8) is 0 Å². The summed E-state index contributed by atoms with van der Waals surface area (Å²) in [7, 11) is 0. The van der Waals surface area contributed by atoms with Crippen LogP contribution >= 0.6 is 12.4 Å². The van der Waals surface area contributed by atoms with Gasteiger partial charge >= 0.3 is 6.18 Å². The van der Waals surface area contributed by atoms with Crippen LogP contribution in [0.4, 0.5) is 18.9 Å². The second-order valence-electron chi connectivity index (χ2n) is 9.84. The smallest absolute Gasteiger partial charge is 0.418 e. The van der Waals surface area contributed by atoms with E-state index in [1.165, 1.54) is 48.1 Å². The van der Waals surface area contributed by atoms with Gasteiger partial charge in [-0.25, -0.2) is 0 Å². The normalized spacial score (nSPS) is 16.1. The van der Waals surface area contributed by atoms with E-state index in [-0.39, 0.29) is 18.1 Å². The number of nitrogens with zero attached hydrogens (tertiary/aromatic N) is 2. The van der Waals surface area contributed by atoms with Gasteiger partial charge in [-0.15, -0.1) is 12.4 Å². The maximum absolute atomic E-state index is 13.4. The average Bonchev–Trinajstić information content (AvgIpc) is 2.91. The Labute approximate surface area is 223 Å². The summed E-state index contributed by atoms with van der Waals surface area (Å²) in [6.45, 7) is 4.19. The first-order chi connectivity index (χ1) is 17.5. The van der Waals surface area contributed by atoms with Gasteiger partial charge in [-0.05, 0) is 78.6 Å². The first-order valence-corrected chi connectivity index (χ1v) is 12.9. The van der Waals surface area contributed by atoms with Crippen LogP contribution in [0.25, 0.3) is 0 Å². The third-order valence-corrected chi connectivity index (χ3v) is 7.39. The van der Waals surface area contributed by atoms with Crippen LogP contribution in [-0.4, -0.2) is 37.6 Å². The summed E-state index contributed by atoms with van der Waals surface area (Å²) in [4.78, 5) is 4.19. The lowest BCUT2D eigenvalue weighted by Gasteiger charge is -2.37. The van der Waals surface area contributed by atoms with E-state index in [0.29, 0.717) is 19.7 Å². The van der Waals surface area contributed by atoms with Crippen molar-refractivity contribution in [1.82, 2.24) is 4.90 Å². The van der Waals surface area contributed by atoms with Gasteiger partial charge in [0.15, 0.2) is 0 Å². The van der Waals surface area contributed by atoms with Crippen molar-refractivity contribution < 1.29 is 17.9 Å². The first-order valence-electron chi connectivity index (χ1n) is 12.9. The van der Waals surface area contributed by atoms with E-state index in [9.17, 15) is 13.2 Å². The van der Waals surface area contributed by atoms with Crippen LogP contribution in [-0.2, 0) is 32.0 Å². The minimum absolute atomic E-state index is 0. The molecule has 1 aliphatic carbocycles. The molecule has 3 aromatic rings. The van der Waals surface area contributed by atoms with Crippen LogP contribution in [0.5, 0.6) is 5.75 Å². The third-order valence-electron chi connectivity index (χ3n) is 7.39. The van der Waals surface area contributed by atoms with Gasteiger partial charge in [0.1, 0.15) is 12.4 Å². The Balaban J connectivity index is 0.00000320. The molecule has 0 aromatic heterocycles. The number of hydrogen-bond acceptors (Lipinski definition) is 3. The van der Waals surface area contributed by atoms with Gasteiger partial charge in [-0.3, -0.25) is 4.90 Å². The second-order valence-corrected chi connectivity index (χ2v) is 9.84. The molecule has 0 bridgehead atoms. The number of rotatable bonds is 7. The summed E-state index contributed by atoms with van der Waals surface area (Å²) in [5, 5.41) is 0. The predicted octanol–water partition coefficient (Wildman–Crippen LogP) is 6.95. The fourth-order valence-electron chi connectivity index (χ4n) is 5.26. The Kier molecular flexibility index (Phi) is 9.04.